The lowest BCUT2D eigenvalue weighted by atomic mass is 10.0. The van der Waals surface area contributed by atoms with Gasteiger partial charge in [-0.2, -0.15) is 0 Å². The van der Waals surface area contributed by atoms with Gasteiger partial charge in [0.2, 0.25) is 0 Å². The van der Waals surface area contributed by atoms with Gasteiger partial charge in [0.05, 0.1) is 5.69 Å². The van der Waals surface area contributed by atoms with Crippen molar-refractivity contribution >= 4 is 21.4 Å². The number of nitrogens with zero attached hydrogens (tertiary/aromatic N) is 1. The van der Waals surface area contributed by atoms with Gasteiger partial charge < -0.3 is 5.73 Å². The lowest BCUT2D eigenvalue weighted by Gasteiger charge is -2.31. The van der Waals surface area contributed by atoms with Crippen LogP contribution in [0.4, 0.5) is 15.8 Å². The fourth-order valence-corrected chi connectivity index (χ4v) is 4.24. The molecule has 110 valence electrons. The summed E-state index contributed by atoms with van der Waals surface area (Å²) >= 11 is 0. The number of nitrogen functional groups attached to an aromatic ring is 1. The highest BCUT2D eigenvalue weighted by Gasteiger charge is 2.31. The van der Waals surface area contributed by atoms with Gasteiger partial charge in [-0.05, 0) is 42.7 Å². The molecule has 0 fully saturated rings. The summed E-state index contributed by atoms with van der Waals surface area (Å²) in [6.07, 6.45) is 1.39. The third-order valence-corrected chi connectivity index (χ3v) is 5.50. The summed E-state index contributed by atoms with van der Waals surface area (Å²) in [6, 6.07) is 10.6. The van der Waals surface area contributed by atoms with Gasteiger partial charge in [0.15, 0.2) is 0 Å². The minimum atomic E-state index is -3.92. The van der Waals surface area contributed by atoms with E-state index in [1.165, 1.54) is 22.5 Å². The Morgan fingerprint density at radius 2 is 1.86 bits per heavy atom. The maximum absolute atomic E-state index is 13.9. The van der Waals surface area contributed by atoms with Crippen LogP contribution in [0, 0.1) is 5.82 Å². The zero-order valence-electron chi connectivity index (χ0n) is 11.3. The van der Waals surface area contributed by atoms with E-state index in [9.17, 15) is 12.8 Å². The monoisotopic (exact) mass is 306 g/mol. The van der Waals surface area contributed by atoms with Crippen molar-refractivity contribution in [2.45, 2.75) is 17.7 Å². The molecule has 2 aromatic rings. The number of hydrogen-bond acceptors (Lipinski definition) is 3. The number of fused-ring (bicyclic) bond motifs is 1. The molecule has 21 heavy (non-hydrogen) atoms. The summed E-state index contributed by atoms with van der Waals surface area (Å²) in [5, 5.41) is 0. The second-order valence-corrected chi connectivity index (χ2v) is 6.79. The van der Waals surface area contributed by atoms with E-state index in [0.717, 1.165) is 18.1 Å². The van der Waals surface area contributed by atoms with Gasteiger partial charge in [-0.1, -0.05) is 18.2 Å². The third-order valence-electron chi connectivity index (χ3n) is 3.65. The topological polar surface area (TPSA) is 63.4 Å². The summed E-state index contributed by atoms with van der Waals surface area (Å²) in [4.78, 5) is -0.305. The Labute approximate surface area is 123 Å². The molecule has 0 unspecified atom stereocenters. The Balaban J connectivity index is 2.15. The number of halogens is 1. The van der Waals surface area contributed by atoms with Gasteiger partial charge in [0.25, 0.3) is 10.0 Å². The Bertz CT molecular complexity index is 790. The van der Waals surface area contributed by atoms with Crippen LogP contribution < -0.4 is 10.0 Å². The predicted octanol–water partition coefficient (Wildman–Crippen LogP) is 2.55. The molecule has 0 radical (unpaired) electrons. The van der Waals surface area contributed by atoms with Crippen LogP contribution in [0.25, 0.3) is 0 Å². The van der Waals surface area contributed by atoms with Crippen LogP contribution in [-0.4, -0.2) is 15.0 Å². The van der Waals surface area contributed by atoms with Gasteiger partial charge in [-0.25, -0.2) is 12.8 Å². The van der Waals surface area contributed by atoms with E-state index in [1.54, 1.807) is 18.2 Å². The smallest absolute Gasteiger partial charge is 0.267 e. The molecule has 0 bridgehead atoms. The van der Waals surface area contributed by atoms with Gasteiger partial charge in [-0.15, -0.1) is 0 Å². The van der Waals surface area contributed by atoms with Crippen LogP contribution in [-0.2, 0) is 16.4 Å². The predicted molar refractivity (Wildman–Crippen MR) is 80.1 cm³/mol. The van der Waals surface area contributed by atoms with Crippen molar-refractivity contribution < 1.29 is 12.8 Å². The van der Waals surface area contributed by atoms with Crippen LogP contribution in [0.2, 0.25) is 0 Å². The number of benzene rings is 2. The van der Waals surface area contributed by atoms with E-state index in [-0.39, 0.29) is 4.90 Å². The Hall–Kier alpha value is -2.08. The lowest BCUT2D eigenvalue weighted by Crippen LogP contribution is -2.36. The SMILES string of the molecule is Nc1cccc2c1CCCN2S(=O)(=O)c1ccccc1F. The molecule has 0 aliphatic carbocycles. The molecule has 1 aliphatic heterocycles. The summed E-state index contributed by atoms with van der Waals surface area (Å²) in [5.74, 6) is -0.742. The van der Waals surface area contributed by atoms with Crippen molar-refractivity contribution in [3.05, 3.63) is 53.8 Å². The number of nitrogens with two attached hydrogens (primary N) is 1. The standard InChI is InChI=1S/C15H15FN2O2S/c16-12-6-1-2-9-15(12)21(19,20)18-10-4-5-11-13(17)7-3-8-14(11)18/h1-3,6-9H,4-5,10,17H2. The van der Waals surface area contributed by atoms with E-state index in [1.807, 2.05) is 0 Å². The molecular weight excluding hydrogens is 291 g/mol. The number of sulfonamides is 1. The minimum absolute atomic E-state index is 0.305. The molecule has 1 heterocycles. The van der Waals surface area contributed by atoms with Crippen LogP contribution in [0.5, 0.6) is 0 Å². The summed E-state index contributed by atoms with van der Waals surface area (Å²) in [6.45, 7) is 0.327. The van der Waals surface area contributed by atoms with Gasteiger partial charge >= 0.3 is 0 Å². The summed E-state index contributed by atoms with van der Waals surface area (Å²) < 4.78 is 40.6. The van der Waals surface area contributed by atoms with Crippen molar-refractivity contribution in [2.24, 2.45) is 0 Å². The molecule has 4 nitrogen and oxygen atoms in total. The normalized spacial score (nSPS) is 14.8. The first-order valence-electron chi connectivity index (χ1n) is 6.66. The first-order chi connectivity index (χ1) is 10.0. The van der Waals surface area contributed by atoms with E-state index >= 15 is 0 Å². The molecule has 2 N–H and O–H groups in total. The molecule has 2 aromatic carbocycles. The molecule has 0 saturated heterocycles. The van der Waals surface area contributed by atoms with Crippen molar-refractivity contribution in [1.29, 1.82) is 0 Å². The zero-order valence-corrected chi connectivity index (χ0v) is 12.1. The molecule has 0 atom stereocenters. The van der Waals surface area contributed by atoms with E-state index in [0.29, 0.717) is 24.3 Å². The van der Waals surface area contributed by atoms with Gasteiger partial charge in [0, 0.05) is 12.2 Å². The maximum atomic E-state index is 13.9. The average Bonchev–Trinajstić information content (AvgIpc) is 2.47. The quantitative estimate of drug-likeness (QED) is 0.867. The Kier molecular flexibility index (Phi) is 3.33. The fraction of sp³-hybridized carbons (Fsp3) is 0.200. The number of rotatable bonds is 2. The number of anilines is 2. The van der Waals surface area contributed by atoms with Crippen molar-refractivity contribution in [3.63, 3.8) is 0 Å². The highest BCUT2D eigenvalue weighted by Crippen LogP contribution is 2.35. The first-order valence-corrected chi connectivity index (χ1v) is 8.10. The van der Waals surface area contributed by atoms with Crippen LogP contribution >= 0.6 is 0 Å². The average molecular weight is 306 g/mol. The Morgan fingerprint density at radius 3 is 2.62 bits per heavy atom. The van der Waals surface area contributed by atoms with E-state index in [2.05, 4.69) is 0 Å². The largest absolute Gasteiger partial charge is 0.398 e. The summed E-state index contributed by atoms with van der Waals surface area (Å²) in [7, 11) is -3.92. The lowest BCUT2D eigenvalue weighted by molar-refractivity contribution is 0.561. The van der Waals surface area contributed by atoms with Gasteiger partial charge in [-0.3, -0.25) is 4.31 Å². The molecular formula is C15H15FN2O2S. The van der Waals surface area contributed by atoms with Crippen LogP contribution in [0.15, 0.2) is 47.4 Å². The van der Waals surface area contributed by atoms with Crippen molar-refractivity contribution in [3.8, 4) is 0 Å². The first kappa shape index (κ1) is 13.9. The van der Waals surface area contributed by atoms with Crippen LogP contribution in [0.3, 0.4) is 0 Å². The molecule has 3 rings (SSSR count). The summed E-state index contributed by atoms with van der Waals surface area (Å²) in [5.41, 5.74) is 7.84. The van der Waals surface area contributed by atoms with E-state index < -0.39 is 15.8 Å². The second-order valence-electron chi connectivity index (χ2n) is 4.96. The highest BCUT2D eigenvalue weighted by molar-refractivity contribution is 7.92. The molecule has 0 spiro atoms. The second kappa shape index (κ2) is 5.04. The van der Waals surface area contributed by atoms with Crippen molar-refractivity contribution in [2.75, 3.05) is 16.6 Å². The molecule has 0 aromatic heterocycles. The molecule has 6 heteroatoms. The van der Waals surface area contributed by atoms with Crippen molar-refractivity contribution in [1.82, 2.24) is 0 Å². The maximum Gasteiger partial charge on any atom is 0.267 e. The fourth-order valence-electron chi connectivity index (χ4n) is 2.64. The van der Waals surface area contributed by atoms with E-state index in [4.69, 9.17) is 5.73 Å². The third kappa shape index (κ3) is 2.25. The molecule has 0 saturated carbocycles. The van der Waals surface area contributed by atoms with Gasteiger partial charge in [0.1, 0.15) is 10.7 Å². The highest BCUT2D eigenvalue weighted by atomic mass is 32.2. The van der Waals surface area contributed by atoms with Crippen LogP contribution in [0.1, 0.15) is 12.0 Å². The Morgan fingerprint density at radius 1 is 1.10 bits per heavy atom. The minimum Gasteiger partial charge on any atom is -0.398 e. The molecule has 0 amide bonds. The number of hydrogen-bond donors (Lipinski definition) is 1. The molecule has 1 aliphatic rings. The zero-order chi connectivity index (χ0) is 15.0.